The van der Waals surface area contributed by atoms with E-state index >= 15 is 0 Å². The number of carbonyl (C=O) groups is 1. The van der Waals surface area contributed by atoms with Gasteiger partial charge in [0.15, 0.2) is 0 Å². The molecule has 1 aromatic heterocycles. The van der Waals surface area contributed by atoms with Gasteiger partial charge in [-0.1, -0.05) is 23.2 Å². The highest BCUT2D eigenvalue weighted by Crippen LogP contribution is 2.33. The van der Waals surface area contributed by atoms with Gasteiger partial charge in [-0.25, -0.2) is 5.84 Å². The van der Waals surface area contributed by atoms with E-state index in [2.05, 4.69) is 5.43 Å². The van der Waals surface area contributed by atoms with E-state index in [0.717, 1.165) is 10.5 Å². The Morgan fingerprint density at radius 2 is 2.16 bits per heavy atom. The molecule has 0 aliphatic heterocycles. The zero-order valence-corrected chi connectivity index (χ0v) is 12.8. The summed E-state index contributed by atoms with van der Waals surface area (Å²) in [7, 11) is 0. The number of amides is 1. The highest BCUT2D eigenvalue weighted by atomic mass is 35.5. The quantitative estimate of drug-likeness (QED) is 0.385. The number of halogens is 2. The van der Waals surface area contributed by atoms with Crippen LogP contribution >= 0.6 is 46.3 Å². The molecule has 3 nitrogen and oxygen atoms in total. The number of rotatable bonds is 4. The number of hydrogen-bond donors (Lipinski definition) is 2. The van der Waals surface area contributed by atoms with Gasteiger partial charge in [-0.15, -0.1) is 23.1 Å². The molecule has 0 saturated heterocycles. The lowest BCUT2D eigenvalue weighted by Gasteiger charge is -2.05. The number of thioether (sulfide) groups is 1. The molecule has 2 aromatic rings. The first-order chi connectivity index (χ1) is 9.11. The molecular weight excluding hydrogens is 323 g/mol. The molecule has 2 rings (SSSR count). The molecule has 1 amide bonds. The number of hydrogen-bond acceptors (Lipinski definition) is 4. The molecule has 0 fully saturated rings. The molecule has 3 N–H and O–H groups in total. The number of carbonyl (C=O) groups excluding carboxylic acids is 1. The third-order valence-electron chi connectivity index (χ3n) is 2.36. The summed E-state index contributed by atoms with van der Waals surface area (Å²) in [5, 5.41) is 3.15. The van der Waals surface area contributed by atoms with Gasteiger partial charge in [-0.3, -0.25) is 10.2 Å². The number of nitrogen functional groups attached to an aromatic ring is 1. The van der Waals surface area contributed by atoms with E-state index in [4.69, 9.17) is 29.0 Å². The second-order valence-corrected chi connectivity index (χ2v) is 6.39. The van der Waals surface area contributed by atoms with Crippen molar-refractivity contribution in [2.75, 3.05) is 0 Å². The summed E-state index contributed by atoms with van der Waals surface area (Å²) in [6, 6.07) is 7.21. The molecule has 19 heavy (non-hydrogen) atoms. The van der Waals surface area contributed by atoms with Gasteiger partial charge in [0, 0.05) is 15.7 Å². The average Bonchev–Trinajstić information content (AvgIpc) is 2.87. The zero-order chi connectivity index (χ0) is 13.8. The van der Waals surface area contributed by atoms with E-state index in [0.29, 0.717) is 20.7 Å². The maximum Gasteiger partial charge on any atom is 0.275 e. The SMILES string of the molecule is NNC(=O)c1sccc1CSc1cc(Cl)ccc1Cl. The molecule has 0 aliphatic carbocycles. The summed E-state index contributed by atoms with van der Waals surface area (Å²) < 4.78 is 0. The summed E-state index contributed by atoms with van der Waals surface area (Å²) in [5.41, 5.74) is 3.07. The van der Waals surface area contributed by atoms with Crippen LogP contribution in [0.4, 0.5) is 0 Å². The Morgan fingerprint density at radius 1 is 1.37 bits per heavy atom. The first kappa shape index (κ1) is 14.7. The summed E-state index contributed by atoms with van der Waals surface area (Å²) in [4.78, 5) is 13.1. The lowest BCUT2D eigenvalue weighted by molar-refractivity contribution is 0.0957. The molecule has 100 valence electrons. The zero-order valence-electron chi connectivity index (χ0n) is 9.65. The maximum atomic E-state index is 11.5. The minimum Gasteiger partial charge on any atom is -0.289 e. The fraction of sp³-hybridized carbons (Fsp3) is 0.0833. The normalized spacial score (nSPS) is 10.5. The molecular formula is C12H10Cl2N2OS2. The molecule has 1 aromatic carbocycles. The van der Waals surface area contributed by atoms with Crippen molar-refractivity contribution in [3.05, 3.63) is 50.1 Å². The number of thiophene rings is 1. The Bertz CT molecular complexity index is 601. The molecule has 1 heterocycles. The van der Waals surface area contributed by atoms with Gasteiger partial charge in [0.2, 0.25) is 0 Å². The van der Waals surface area contributed by atoms with Crippen LogP contribution < -0.4 is 11.3 Å². The Labute approximate surface area is 129 Å². The molecule has 0 saturated carbocycles. The lowest BCUT2D eigenvalue weighted by atomic mass is 10.3. The van der Waals surface area contributed by atoms with E-state index in [-0.39, 0.29) is 5.91 Å². The van der Waals surface area contributed by atoms with Crippen LogP contribution in [-0.4, -0.2) is 5.91 Å². The predicted molar refractivity (Wildman–Crippen MR) is 82.0 cm³/mol. The minimum atomic E-state index is -0.275. The Kier molecular flexibility index (Phi) is 5.13. The standard InChI is InChI=1S/C12H10Cl2N2OS2/c13-8-1-2-9(14)10(5-8)19-6-7-3-4-18-11(7)12(17)16-15/h1-5H,6,15H2,(H,16,17). The van der Waals surface area contributed by atoms with Crippen molar-refractivity contribution in [2.45, 2.75) is 10.6 Å². The summed E-state index contributed by atoms with van der Waals surface area (Å²) in [5.74, 6) is 5.50. The molecule has 0 unspecified atom stereocenters. The third-order valence-corrected chi connectivity index (χ3v) is 5.10. The van der Waals surface area contributed by atoms with Crippen LogP contribution in [0.1, 0.15) is 15.2 Å². The number of hydrazine groups is 1. The van der Waals surface area contributed by atoms with E-state index in [1.54, 1.807) is 12.1 Å². The Balaban J connectivity index is 2.13. The smallest absolute Gasteiger partial charge is 0.275 e. The van der Waals surface area contributed by atoms with Gasteiger partial charge in [0.25, 0.3) is 5.91 Å². The minimum absolute atomic E-state index is 0.275. The van der Waals surface area contributed by atoms with E-state index in [1.807, 2.05) is 17.5 Å². The highest BCUT2D eigenvalue weighted by molar-refractivity contribution is 7.98. The Morgan fingerprint density at radius 3 is 2.89 bits per heavy atom. The lowest BCUT2D eigenvalue weighted by Crippen LogP contribution is -2.29. The van der Waals surface area contributed by atoms with Gasteiger partial charge >= 0.3 is 0 Å². The summed E-state index contributed by atoms with van der Waals surface area (Å²) in [6.07, 6.45) is 0. The average molecular weight is 333 g/mol. The molecule has 0 atom stereocenters. The van der Waals surface area contributed by atoms with Crippen LogP contribution in [0.25, 0.3) is 0 Å². The van der Waals surface area contributed by atoms with E-state index in [1.165, 1.54) is 23.1 Å². The van der Waals surface area contributed by atoms with Crippen molar-refractivity contribution < 1.29 is 4.79 Å². The van der Waals surface area contributed by atoms with Crippen LogP contribution in [-0.2, 0) is 5.75 Å². The largest absolute Gasteiger partial charge is 0.289 e. The molecule has 0 bridgehead atoms. The van der Waals surface area contributed by atoms with Crippen molar-refractivity contribution in [3.63, 3.8) is 0 Å². The van der Waals surface area contributed by atoms with Gasteiger partial charge in [-0.2, -0.15) is 0 Å². The first-order valence-corrected chi connectivity index (χ1v) is 7.89. The summed E-state index contributed by atoms with van der Waals surface area (Å²) >= 11 is 14.9. The van der Waals surface area contributed by atoms with Gasteiger partial charge in [0.05, 0.1) is 9.90 Å². The fourth-order valence-corrected chi connectivity index (χ4v) is 3.86. The van der Waals surface area contributed by atoms with Crippen molar-refractivity contribution in [3.8, 4) is 0 Å². The van der Waals surface area contributed by atoms with Gasteiger partial charge in [-0.05, 0) is 35.2 Å². The number of benzene rings is 1. The van der Waals surface area contributed by atoms with Crippen LogP contribution in [0.2, 0.25) is 10.0 Å². The monoisotopic (exact) mass is 332 g/mol. The number of nitrogens with one attached hydrogen (secondary N) is 1. The van der Waals surface area contributed by atoms with Crippen molar-refractivity contribution in [2.24, 2.45) is 5.84 Å². The van der Waals surface area contributed by atoms with Crippen LogP contribution in [0.15, 0.2) is 34.5 Å². The topological polar surface area (TPSA) is 55.1 Å². The van der Waals surface area contributed by atoms with Gasteiger partial charge < -0.3 is 0 Å². The molecule has 0 aliphatic rings. The maximum absolute atomic E-state index is 11.5. The number of nitrogens with two attached hydrogens (primary N) is 1. The van der Waals surface area contributed by atoms with Crippen molar-refractivity contribution in [1.82, 2.24) is 5.43 Å². The third kappa shape index (κ3) is 3.64. The first-order valence-electron chi connectivity index (χ1n) is 5.27. The second-order valence-electron chi connectivity index (χ2n) is 3.61. The molecule has 0 radical (unpaired) electrons. The summed E-state index contributed by atoms with van der Waals surface area (Å²) in [6.45, 7) is 0. The van der Waals surface area contributed by atoms with Gasteiger partial charge in [0.1, 0.15) is 0 Å². The molecule has 0 spiro atoms. The highest BCUT2D eigenvalue weighted by Gasteiger charge is 2.12. The second kappa shape index (κ2) is 6.63. The van der Waals surface area contributed by atoms with Crippen molar-refractivity contribution in [1.29, 1.82) is 0 Å². The molecule has 7 heteroatoms. The van der Waals surface area contributed by atoms with Crippen molar-refractivity contribution >= 4 is 52.2 Å². The fourth-order valence-electron chi connectivity index (χ4n) is 1.46. The van der Waals surface area contributed by atoms with E-state index < -0.39 is 0 Å². The Hall–Kier alpha value is -0.720. The van der Waals surface area contributed by atoms with E-state index in [9.17, 15) is 4.79 Å². The van der Waals surface area contributed by atoms with Crippen LogP contribution in [0, 0.1) is 0 Å². The van der Waals surface area contributed by atoms with Crippen LogP contribution in [0.5, 0.6) is 0 Å². The van der Waals surface area contributed by atoms with Crippen LogP contribution in [0.3, 0.4) is 0 Å². The predicted octanol–water partition coefficient (Wildman–Crippen LogP) is 3.95.